The average molecular weight is 406 g/mol. The standard InChI is InChI=1S/C25H26O5/c1-3-28-25(26)24(30-16-27-2)23-20-9-5-4-7-17(20)10-12-21(23)18-11-13-22-19(15-18)8-6-14-29-22/h4-5,7,9-13,15,24H,3,6,8,14,16H2,1-2H3. The average Bonchev–Trinajstić information content (AvgIpc) is 2.79. The van der Waals surface area contributed by atoms with Gasteiger partial charge >= 0.3 is 5.97 Å². The molecule has 1 unspecified atom stereocenters. The van der Waals surface area contributed by atoms with Gasteiger partial charge in [0.25, 0.3) is 0 Å². The summed E-state index contributed by atoms with van der Waals surface area (Å²) in [5, 5.41) is 1.99. The van der Waals surface area contributed by atoms with Crippen LogP contribution in [0.1, 0.15) is 30.6 Å². The molecule has 0 spiro atoms. The number of methoxy groups -OCH3 is 1. The van der Waals surface area contributed by atoms with Crippen LogP contribution < -0.4 is 4.74 Å². The molecule has 0 radical (unpaired) electrons. The Morgan fingerprint density at radius 3 is 2.83 bits per heavy atom. The van der Waals surface area contributed by atoms with E-state index in [4.69, 9.17) is 18.9 Å². The fourth-order valence-corrected chi connectivity index (χ4v) is 3.98. The van der Waals surface area contributed by atoms with Crippen molar-refractivity contribution in [2.75, 3.05) is 27.1 Å². The first-order valence-corrected chi connectivity index (χ1v) is 10.3. The van der Waals surface area contributed by atoms with Crippen LogP contribution in [0.3, 0.4) is 0 Å². The molecule has 0 bridgehead atoms. The molecule has 0 saturated carbocycles. The van der Waals surface area contributed by atoms with Crippen molar-refractivity contribution in [3.8, 4) is 16.9 Å². The topological polar surface area (TPSA) is 54.0 Å². The molecule has 5 heteroatoms. The summed E-state index contributed by atoms with van der Waals surface area (Å²) in [5.74, 6) is 0.512. The number of esters is 1. The lowest BCUT2D eigenvalue weighted by Gasteiger charge is -2.23. The van der Waals surface area contributed by atoms with Crippen LogP contribution in [0.25, 0.3) is 21.9 Å². The highest BCUT2D eigenvalue weighted by Gasteiger charge is 2.28. The van der Waals surface area contributed by atoms with Gasteiger partial charge < -0.3 is 18.9 Å². The monoisotopic (exact) mass is 406 g/mol. The van der Waals surface area contributed by atoms with Gasteiger partial charge in [-0.2, -0.15) is 0 Å². The van der Waals surface area contributed by atoms with Crippen molar-refractivity contribution in [2.24, 2.45) is 0 Å². The Hall–Kier alpha value is -2.89. The molecule has 5 nitrogen and oxygen atoms in total. The molecule has 0 aliphatic carbocycles. The molecule has 3 aromatic rings. The molecular weight excluding hydrogens is 380 g/mol. The summed E-state index contributed by atoms with van der Waals surface area (Å²) in [6.07, 6.45) is 1.09. The molecule has 1 aliphatic heterocycles. The quantitative estimate of drug-likeness (QED) is 0.406. The molecule has 0 saturated heterocycles. The molecule has 1 aliphatic rings. The number of carbonyl (C=O) groups excluding carboxylic acids is 1. The first kappa shape index (κ1) is 20.4. The van der Waals surface area contributed by atoms with Crippen molar-refractivity contribution >= 4 is 16.7 Å². The molecule has 0 N–H and O–H groups in total. The van der Waals surface area contributed by atoms with Crippen LogP contribution in [0, 0.1) is 0 Å². The van der Waals surface area contributed by atoms with Crippen LogP contribution in [-0.4, -0.2) is 33.1 Å². The Kier molecular flexibility index (Phi) is 6.31. The van der Waals surface area contributed by atoms with Crippen LogP contribution in [0.2, 0.25) is 0 Å². The fraction of sp³-hybridized carbons (Fsp3) is 0.320. The normalized spacial score (nSPS) is 14.1. The molecule has 1 heterocycles. The maximum absolute atomic E-state index is 12.9. The van der Waals surface area contributed by atoms with Crippen molar-refractivity contribution in [2.45, 2.75) is 25.9 Å². The van der Waals surface area contributed by atoms with Gasteiger partial charge in [-0.05, 0) is 59.4 Å². The maximum Gasteiger partial charge on any atom is 0.340 e. The maximum atomic E-state index is 12.9. The number of rotatable bonds is 7. The third-order valence-electron chi connectivity index (χ3n) is 5.31. The van der Waals surface area contributed by atoms with Gasteiger partial charge in [-0.15, -0.1) is 0 Å². The van der Waals surface area contributed by atoms with Gasteiger partial charge in [0.1, 0.15) is 12.5 Å². The van der Waals surface area contributed by atoms with Crippen LogP contribution >= 0.6 is 0 Å². The van der Waals surface area contributed by atoms with E-state index in [9.17, 15) is 4.79 Å². The van der Waals surface area contributed by atoms with Crippen LogP contribution in [-0.2, 0) is 25.4 Å². The van der Waals surface area contributed by atoms with Gasteiger partial charge in [0.2, 0.25) is 0 Å². The summed E-state index contributed by atoms with van der Waals surface area (Å²) in [6.45, 7) is 2.81. The third kappa shape index (κ3) is 4.04. The van der Waals surface area contributed by atoms with Crippen molar-refractivity contribution in [1.82, 2.24) is 0 Å². The highest BCUT2D eigenvalue weighted by molar-refractivity contribution is 5.96. The van der Waals surface area contributed by atoms with Gasteiger partial charge in [-0.1, -0.05) is 42.5 Å². The summed E-state index contributed by atoms with van der Waals surface area (Å²) in [4.78, 5) is 12.9. The zero-order valence-corrected chi connectivity index (χ0v) is 17.4. The van der Waals surface area contributed by atoms with E-state index in [-0.39, 0.29) is 13.4 Å². The van der Waals surface area contributed by atoms with Crippen molar-refractivity contribution in [3.05, 3.63) is 65.7 Å². The number of carbonyl (C=O) groups is 1. The van der Waals surface area contributed by atoms with E-state index in [1.54, 1.807) is 6.92 Å². The lowest BCUT2D eigenvalue weighted by atomic mass is 9.89. The van der Waals surface area contributed by atoms with Gasteiger partial charge in [-0.3, -0.25) is 0 Å². The number of fused-ring (bicyclic) bond motifs is 2. The van der Waals surface area contributed by atoms with Gasteiger partial charge in [0.05, 0.1) is 13.2 Å². The summed E-state index contributed by atoms with van der Waals surface area (Å²) in [6, 6.07) is 18.3. The predicted octanol–water partition coefficient (Wildman–Crippen LogP) is 5.06. The van der Waals surface area contributed by atoms with E-state index in [1.807, 2.05) is 42.5 Å². The third-order valence-corrected chi connectivity index (χ3v) is 5.31. The van der Waals surface area contributed by atoms with E-state index < -0.39 is 12.1 Å². The summed E-state index contributed by atoms with van der Waals surface area (Å²) >= 11 is 0. The summed E-state index contributed by atoms with van der Waals surface area (Å²) in [7, 11) is 1.54. The lowest BCUT2D eigenvalue weighted by Crippen LogP contribution is -2.21. The second-order valence-corrected chi connectivity index (χ2v) is 7.23. The number of benzene rings is 3. The van der Waals surface area contributed by atoms with Crippen molar-refractivity contribution in [3.63, 3.8) is 0 Å². The van der Waals surface area contributed by atoms with Crippen LogP contribution in [0.15, 0.2) is 54.6 Å². The zero-order chi connectivity index (χ0) is 20.9. The highest BCUT2D eigenvalue weighted by atomic mass is 16.7. The molecule has 3 aromatic carbocycles. The Morgan fingerprint density at radius 1 is 1.13 bits per heavy atom. The fourth-order valence-electron chi connectivity index (χ4n) is 3.98. The summed E-state index contributed by atoms with van der Waals surface area (Å²) in [5.41, 5.74) is 3.94. The van der Waals surface area contributed by atoms with Gasteiger partial charge in [0.15, 0.2) is 6.10 Å². The molecule has 30 heavy (non-hydrogen) atoms. The van der Waals surface area contributed by atoms with Crippen LogP contribution in [0.4, 0.5) is 0 Å². The highest BCUT2D eigenvalue weighted by Crippen LogP contribution is 2.39. The van der Waals surface area contributed by atoms with E-state index in [1.165, 1.54) is 12.7 Å². The molecule has 0 amide bonds. The molecule has 1 atom stereocenters. The summed E-state index contributed by atoms with van der Waals surface area (Å²) < 4.78 is 22.1. The second-order valence-electron chi connectivity index (χ2n) is 7.23. The lowest BCUT2D eigenvalue weighted by molar-refractivity contribution is -0.165. The van der Waals surface area contributed by atoms with Gasteiger partial charge in [0, 0.05) is 12.7 Å². The minimum Gasteiger partial charge on any atom is -0.493 e. The number of hydrogen-bond acceptors (Lipinski definition) is 5. The number of aryl methyl sites for hydroxylation is 1. The molecular formula is C25H26O5. The van der Waals surface area contributed by atoms with E-state index >= 15 is 0 Å². The van der Waals surface area contributed by atoms with Crippen LogP contribution in [0.5, 0.6) is 5.75 Å². The predicted molar refractivity (Wildman–Crippen MR) is 116 cm³/mol. The molecule has 0 aromatic heterocycles. The number of ether oxygens (including phenoxy) is 4. The Bertz CT molecular complexity index is 1040. The number of hydrogen-bond donors (Lipinski definition) is 0. The Morgan fingerprint density at radius 2 is 2.00 bits per heavy atom. The SMILES string of the molecule is CCOC(=O)C(OCOC)c1c(-c2ccc3c(c2)CCCO3)ccc2ccccc12. The van der Waals surface area contributed by atoms with E-state index in [0.717, 1.165) is 52.7 Å². The van der Waals surface area contributed by atoms with E-state index in [0.29, 0.717) is 0 Å². The Balaban J connectivity index is 1.90. The first-order valence-electron chi connectivity index (χ1n) is 10.3. The van der Waals surface area contributed by atoms with Crippen molar-refractivity contribution in [1.29, 1.82) is 0 Å². The smallest absolute Gasteiger partial charge is 0.340 e. The zero-order valence-electron chi connectivity index (χ0n) is 17.4. The second kappa shape index (κ2) is 9.28. The first-order chi connectivity index (χ1) is 14.7. The van der Waals surface area contributed by atoms with Crippen molar-refractivity contribution < 1.29 is 23.7 Å². The molecule has 156 valence electrons. The molecule has 4 rings (SSSR count). The minimum absolute atomic E-state index is 0.00975. The minimum atomic E-state index is -0.890. The Labute approximate surface area is 176 Å². The van der Waals surface area contributed by atoms with E-state index in [2.05, 4.69) is 12.1 Å². The largest absolute Gasteiger partial charge is 0.493 e. The van der Waals surface area contributed by atoms with Gasteiger partial charge in [-0.25, -0.2) is 4.79 Å². The molecule has 0 fully saturated rings.